The minimum Gasteiger partial charge on any atom is -0.387 e. The zero-order valence-corrected chi connectivity index (χ0v) is 12.9. The normalized spacial score (nSPS) is 12.0. The predicted molar refractivity (Wildman–Crippen MR) is 84.9 cm³/mol. The maximum absolute atomic E-state index is 12.0. The van der Waals surface area contributed by atoms with Gasteiger partial charge in [0.05, 0.1) is 16.7 Å². The molecule has 2 rings (SSSR count). The molecular formula is C16H15Cl2NO2. The van der Waals surface area contributed by atoms with Crippen LogP contribution in [0.3, 0.4) is 0 Å². The first-order chi connectivity index (χ1) is 9.99. The topological polar surface area (TPSA) is 49.3 Å². The largest absolute Gasteiger partial charge is 0.387 e. The molecule has 0 saturated heterocycles. The average Bonchev–Trinajstić information content (AvgIpc) is 2.45. The van der Waals surface area contributed by atoms with Gasteiger partial charge in [-0.3, -0.25) is 4.79 Å². The highest BCUT2D eigenvalue weighted by Gasteiger charge is 2.14. The van der Waals surface area contributed by atoms with Crippen LogP contribution < -0.4 is 5.32 Å². The monoisotopic (exact) mass is 323 g/mol. The molecule has 5 heteroatoms. The van der Waals surface area contributed by atoms with E-state index in [2.05, 4.69) is 5.32 Å². The summed E-state index contributed by atoms with van der Waals surface area (Å²) in [4.78, 5) is 12.0. The van der Waals surface area contributed by atoms with E-state index in [-0.39, 0.29) is 17.5 Å². The quantitative estimate of drug-likeness (QED) is 0.899. The molecule has 1 unspecified atom stereocenters. The first-order valence-corrected chi connectivity index (χ1v) is 7.21. The summed E-state index contributed by atoms with van der Waals surface area (Å²) >= 11 is 11.8. The molecule has 0 radical (unpaired) electrons. The Hall–Kier alpha value is -1.55. The van der Waals surface area contributed by atoms with Crippen LogP contribution in [0, 0.1) is 6.92 Å². The van der Waals surface area contributed by atoms with E-state index in [0.29, 0.717) is 10.6 Å². The minimum absolute atomic E-state index is 0.114. The van der Waals surface area contributed by atoms with Crippen LogP contribution in [0.25, 0.3) is 0 Å². The van der Waals surface area contributed by atoms with E-state index < -0.39 is 6.10 Å². The number of hydrogen-bond donors (Lipinski definition) is 2. The van der Waals surface area contributed by atoms with Crippen LogP contribution in [0.15, 0.2) is 42.5 Å². The molecule has 0 saturated carbocycles. The van der Waals surface area contributed by atoms with Crippen molar-refractivity contribution in [3.63, 3.8) is 0 Å². The van der Waals surface area contributed by atoms with Gasteiger partial charge in [-0.25, -0.2) is 0 Å². The highest BCUT2D eigenvalue weighted by Crippen LogP contribution is 2.21. The molecule has 0 heterocycles. The SMILES string of the molecule is Cc1ccccc1C(O)CNC(=O)c1ccc(Cl)cc1Cl. The molecule has 0 aliphatic heterocycles. The molecule has 0 aliphatic rings. The smallest absolute Gasteiger partial charge is 0.252 e. The Morgan fingerprint density at radius 2 is 1.95 bits per heavy atom. The molecular weight excluding hydrogens is 309 g/mol. The highest BCUT2D eigenvalue weighted by atomic mass is 35.5. The second-order valence-corrected chi connectivity index (χ2v) is 5.55. The van der Waals surface area contributed by atoms with E-state index in [0.717, 1.165) is 11.1 Å². The lowest BCUT2D eigenvalue weighted by Crippen LogP contribution is -2.28. The van der Waals surface area contributed by atoms with E-state index in [4.69, 9.17) is 23.2 Å². The number of carbonyl (C=O) groups is 1. The first kappa shape index (κ1) is 15.8. The number of aryl methyl sites for hydroxylation is 1. The summed E-state index contributed by atoms with van der Waals surface area (Å²) in [5.74, 6) is -0.343. The van der Waals surface area contributed by atoms with Crippen LogP contribution in [0.1, 0.15) is 27.6 Å². The number of aliphatic hydroxyl groups is 1. The third kappa shape index (κ3) is 3.97. The van der Waals surface area contributed by atoms with Crippen LogP contribution in [-0.4, -0.2) is 17.6 Å². The molecule has 2 aromatic rings. The molecule has 0 bridgehead atoms. The molecule has 2 aromatic carbocycles. The summed E-state index contributed by atoms with van der Waals surface area (Å²) < 4.78 is 0. The standard InChI is InChI=1S/C16H15Cl2NO2/c1-10-4-2-3-5-12(10)15(20)9-19-16(21)13-7-6-11(17)8-14(13)18/h2-8,15,20H,9H2,1H3,(H,19,21). The van der Waals surface area contributed by atoms with E-state index in [1.165, 1.54) is 6.07 Å². The van der Waals surface area contributed by atoms with E-state index in [1.807, 2.05) is 31.2 Å². The molecule has 3 nitrogen and oxygen atoms in total. The van der Waals surface area contributed by atoms with Crippen LogP contribution in [0.5, 0.6) is 0 Å². The fourth-order valence-corrected chi connectivity index (χ4v) is 2.52. The summed E-state index contributed by atoms with van der Waals surface area (Å²) in [6.45, 7) is 2.03. The third-order valence-electron chi connectivity index (χ3n) is 3.18. The van der Waals surface area contributed by atoms with E-state index in [1.54, 1.807) is 12.1 Å². The highest BCUT2D eigenvalue weighted by molar-refractivity contribution is 6.36. The predicted octanol–water partition coefficient (Wildman–Crippen LogP) is 3.77. The number of rotatable bonds is 4. The number of nitrogens with one attached hydrogen (secondary N) is 1. The summed E-state index contributed by atoms with van der Waals surface area (Å²) in [6.07, 6.45) is -0.763. The van der Waals surface area contributed by atoms with Gasteiger partial charge < -0.3 is 10.4 Å². The number of aliphatic hydroxyl groups excluding tert-OH is 1. The van der Waals surface area contributed by atoms with Crippen LogP contribution in [0.2, 0.25) is 10.0 Å². The summed E-state index contributed by atoms with van der Waals surface area (Å²) in [5.41, 5.74) is 2.10. The molecule has 2 N–H and O–H groups in total. The lowest BCUT2D eigenvalue weighted by molar-refractivity contribution is 0.0916. The van der Waals surface area contributed by atoms with Crippen molar-refractivity contribution >= 4 is 29.1 Å². The maximum Gasteiger partial charge on any atom is 0.252 e. The van der Waals surface area contributed by atoms with Gasteiger partial charge in [-0.15, -0.1) is 0 Å². The Labute approximate surface area is 133 Å². The Bertz CT molecular complexity index is 658. The molecule has 1 atom stereocenters. The molecule has 0 aliphatic carbocycles. The van der Waals surface area contributed by atoms with Gasteiger partial charge in [0.25, 0.3) is 5.91 Å². The van der Waals surface area contributed by atoms with Gasteiger partial charge in [0.2, 0.25) is 0 Å². The second-order valence-electron chi connectivity index (χ2n) is 4.71. The lowest BCUT2D eigenvalue weighted by atomic mass is 10.0. The zero-order valence-electron chi connectivity index (χ0n) is 11.4. The van der Waals surface area contributed by atoms with Gasteiger partial charge in [-0.2, -0.15) is 0 Å². The molecule has 0 spiro atoms. The van der Waals surface area contributed by atoms with E-state index >= 15 is 0 Å². The van der Waals surface area contributed by atoms with Crippen LogP contribution >= 0.6 is 23.2 Å². The molecule has 110 valence electrons. The zero-order chi connectivity index (χ0) is 15.4. The van der Waals surface area contributed by atoms with Crippen LogP contribution in [0.4, 0.5) is 0 Å². The van der Waals surface area contributed by atoms with Crippen molar-refractivity contribution in [2.24, 2.45) is 0 Å². The van der Waals surface area contributed by atoms with E-state index in [9.17, 15) is 9.90 Å². The number of hydrogen-bond acceptors (Lipinski definition) is 2. The van der Waals surface area contributed by atoms with Gasteiger partial charge in [-0.05, 0) is 36.2 Å². The number of halogens is 2. The minimum atomic E-state index is -0.763. The van der Waals surface area contributed by atoms with Gasteiger partial charge in [0.1, 0.15) is 0 Å². The Balaban J connectivity index is 2.02. The third-order valence-corrected chi connectivity index (χ3v) is 3.73. The number of amides is 1. The average molecular weight is 324 g/mol. The Morgan fingerprint density at radius 3 is 2.62 bits per heavy atom. The fraction of sp³-hybridized carbons (Fsp3) is 0.188. The van der Waals surface area contributed by atoms with Crippen LogP contribution in [-0.2, 0) is 0 Å². The van der Waals surface area contributed by atoms with Gasteiger partial charge in [0, 0.05) is 11.6 Å². The first-order valence-electron chi connectivity index (χ1n) is 6.46. The fourth-order valence-electron chi connectivity index (χ4n) is 2.03. The maximum atomic E-state index is 12.0. The van der Waals surface area contributed by atoms with Crippen molar-refractivity contribution < 1.29 is 9.90 Å². The van der Waals surface area contributed by atoms with Crippen molar-refractivity contribution in [2.75, 3.05) is 6.54 Å². The lowest BCUT2D eigenvalue weighted by Gasteiger charge is -2.15. The van der Waals surface area contributed by atoms with Crippen molar-refractivity contribution in [1.29, 1.82) is 0 Å². The molecule has 1 amide bonds. The molecule has 21 heavy (non-hydrogen) atoms. The van der Waals surface area contributed by atoms with Gasteiger partial charge in [0.15, 0.2) is 0 Å². The van der Waals surface area contributed by atoms with Crippen molar-refractivity contribution in [2.45, 2.75) is 13.0 Å². The Morgan fingerprint density at radius 1 is 1.24 bits per heavy atom. The van der Waals surface area contributed by atoms with Gasteiger partial charge >= 0.3 is 0 Å². The number of benzene rings is 2. The summed E-state index contributed by atoms with van der Waals surface area (Å²) in [5, 5.41) is 13.6. The summed E-state index contributed by atoms with van der Waals surface area (Å²) in [7, 11) is 0. The molecule has 0 fully saturated rings. The van der Waals surface area contributed by atoms with Crippen molar-refractivity contribution in [3.05, 3.63) is 69.2 Å². The van der Waals surface area contributed by atoms with Crippen molar-refractivity contribution in [3.8, 4) is 0 Å². The summed E-state index contributed by atoms with van der Waals surface area (Å²) in [6, 6.07) is 12.2. The van der Waals surface area contributed by atoms with Crippen molar-refractivity contribution in [1.82, 2.24) is 5.32 Å². The number of carbonyl (C=O) groups excluding carboxylic acids is 1. The molecule has 0 aromatic heterocycles. The second kappa shape index (κ2) is 6.94. The van der Waals surface area contributed by atoms with Gasteiger partial charge in [-0.1, -0.05) is 47.5 Å². The Kier molecular flexibility index (Phi) is 5.23.